The quantitative estimate of drug-likeness (QED) is 0.614. The Morgan fingerprint density at radius 3 is 2.39 bits per heavy atom. The van der Waals surface area contributed by atoms with E-state index in [2.05, 4.69) is 10.6 Å². The van der Waals surface area contributed by atoms with Crippen molar-refractivity contribution in [1.82, 2.24) is 0 Å². The van der Waals surface area contributed by atoms with E-state index in [4.69, 9.17) is 35.4 Å². The van der Waals surface area contributed by atoms with Gasteiger partial charge in [-0.3, -0.25) is 0 Å². The predicted octanol–water partition coefficient (Wildman–Crippen LogP) is 6.13. The molecule has 2 nitrogen and oxygen atoms in total. The average Bonchev–Trinajstić information content (AvgIpc) is 2.44. The molecule has 2 aromatic carbocycles. The Kier molecular flexibility index (Phi) is 5.39. The maximum absolute atomic E-state index is 12.8. The van der Waals surface area contributed by atoms with Crippen LogP contribution in [0.25, 0.3) is 0 Å². The third kappa shape index (κ3) is 4.73. The number of halogens is 5. The van der Waals surface area contributed by atoms with Gasteiger partial charge in [0.1, 0.15) is 0 Å². The van der Waals surface area contributed by atoms with Crippen molar-refractivity contribution in [3.8, 4) is 0 Å². The molecule has 23 heavy (non-hydrogen) atoms. The summed E-state index contributed by atoms with van der Waals surface area (Å²) in [5.41, 5.74) is 0.815. The van der Waals surface area contributed by atoms with Crippen LogP contribution in [0.1, 0.15) is 11.1 Å². The first-order valence-corrected chi connectivity index (χ1v) is 7.54. The highest BCUT2D eigenvalue weighted by Crippen LogP contribution is 2.36. The number of hydrogen-bond acceptors (Lipinski definition) is 1. The number of rotatable bonds is 2. The zero-order valence-corrected chi connectivity index (χ0v) is 14.1. The van der Waals surface area contributed by atoms with Crippen LogP contribution in [0.4, 0.5) is 24.5 Å². The van der Waals surface area contributed by atoms with Crippen molar-refractivity contribution < 1.29 is 13.2 Å². The smallest absolute Gasteiger partial charge is 0.332 e. The fraction of sp³-hybridized carbons (Fsp3) is 0.133. The van der Waals surface area contributed by atoms with Crippen LogP contribution in [0.15, 0.2) is 36.4 Å². The molecule has 0 atom stereocenters. The van der Waals surface area contributed by atoms with E-state index in [1.165, 1.54) is 12.1 Å². The van der Waals surface area contributed by atoms with Crippen LogP contribution in [0.5, 0.6) is 0 Å². The van der Waals surface area contributed by atoms with Crippen LogP contribution in [0.3, 0.4) is 0 Å². The fourth-order valence-corrected chi connectivity index (χ4v) is 2.46. The lowest BCUT2D eigenvalue weighted by Gasteiger charge is -2.15. The number of aryl methyl sites for hydroxylation is 1. The van der Waals surface area contributed by atoms with E-state index >= 15 is 0 Å². The second-order valence-electron chi connectivity index (χ2n) is 4.73. The summed E-state index contributed by atoms with van der Waals surface area (Å²) < 4.78 is 38.5. The fourth-order valence-electron chi connectivity index (χ4n) is 1.83. The summed E-state index contributed by atoms with van der Waals surface area (Å²) in [6, 6.07) is 8.69. The minimum absolute atomic E-state index is 0.144. The molecule has 0 aliphatic heterocycles. The van der Waals surface area contributed by atoms with Crippen LogP contribution < -0.4 is 10.6 Å². The van der Waals surface area contributed by atoms with E-state index in [1.807, 2.05) is 6.92 Å². The molecule has 0 spiro atoms. The van der Waals surface area contributed by atoms with Gasteiger partial charge in [-0.15, -0.1) is 0 Å². The molecule has 0 bridgehead atoms. The van der Waals surface area contributed by atoms with E-state index in [9.17, 15) is 13.2 Å². The van der Waals surface area contributed by atoms with Gasteiger partial charge in [0.2, 0.25) is 0 Å². The zero-order valence-electron chi connectivity index (χ0n) is 11.8. The Morgan fingerprint density at radius 2 is 1.74 bits per heavy atom. The summed E-state index contributed by atoms with van der Waals surface area (Å²) in [4.78, 5) is 0. The van der Waals surface area contributed by atoms with Crippen molar-refractivity contribution in [3.63, 3.8) is 0 Å². The number of benzene rings is 2. The highest BCUT2D eigenvalue weighted by molar-refractivity contribution is 7.80. The zero-order chi connectivity index (χ0) is 17.2. The molecule has 0 aliphatic carbocycles. The first kappa shape index (κ1) is 17.8. The number of thiocarbonyl (C=S) groups is 1. The second-order valence-corrected chi connectivity index (χ2v) is 5.98. The van der Waals surface area contributed by atoms with E-state index < -0.39 is 11.7 Å². The minimum atomic E-state index is -4.53. The van der Waals surface area contributed by atoms with Crippen LogP contribution >= 0.6 is 35.4 Å². The lowest BCUT2D eigenvalue weighted by molar-refractivity contribution is -0.137. The van der Waals surface area contributed by atoms with Gasteiger partial charge in [-0.25, -0.2) is 0 Å². The first-order valence-electron chi connectivity index (χ1n) is 6.38. The second kappa shape index (κ2) is 6.95. The summed E-state index contributed by atoms with van der Waals surface area (Å²) in [6.45, 7) is 1.85. The third-order valence-electron chi connectivity index (χ3n) is 2.98. The molecular formula is C15H11Cl2F3N2S. The number of alkyl halides is 3. The van der Waals surface area contributed by atoms with Gasteiger partial charge in [0.25, 0.3) is 0 Å². The van der Waals surface area contributed by atoms with Gasteiger partial charge in [-0.1, -0.05) is 29.3 Å². The molecule has 0 saturated carbocycles. The molecule has 0 heterocycles. The molecule has 0 amide bonds. The van der Waals surface area contributed by atoms with Gasteiger partial charge in [-0.05, 0) is 55.0 Å². The van der Waals surface area contributed by atoms with Crippen molar-refractivity contribution in [1.29, 1.82) is 0 Å². The molecule has 0 radical (unpaired) electrons. The van der Waals surface area contributed by atoms with E-state index in [1.54, 1.807) is 18.2 Å². The predicted molar refractivity (Wildman–Crippen MR) is 92.5 cm³/mol. The summed E-state index contributed by atoms with van der Waals surface area (Å²) in [6.07, 6.45) is -4.53. The van der Waals surface area contributed by atoms with E-state index in [0.29, 0.717) is 10.7 Å². The summed E-state index contributed by atoms with van der Waals surface area (Å²) >= 11 is 16.6. The third-order valence-corrected chi connectivity index (χ3v) is 3.75. The molecule has 2 N–H and O–H groups in total. The molecule has 0 fully saturated rings. The number of hydrogen-bond donors (Lipinski definition) is 2. The largest absolute Gasteiger partial charge is 0.417 e. The SMILES string of the molecule is Cc1ccc(Cl)cc1NC(=S)Nc1ccc(Cl)c(C(F)(F)F)c1. The normalized spacial score (nSPS) is 11.2. The number of anilines is 2. The molecular weight excluding hydrogens is 368 g/mol. The molecule has 0 saturated heterocycles. The standard InChI is InChI=1S/C15H11Cl2F3N2S/c1-8-2-3-9(16)6-13(8)22-14(23)21-10-4-5-12(17)11(7-10)15(18,19)20/h2-7H,1H3,(H2,21,22,23). The van der Waals surface area contributed by atoms with Crippen molar-refractivity contribution >= 4 is 51.9 Å². The molecule has 2 rings (SSSR count). The Hall–Kier alpha value is -1.50. The van der Waals surface area contributed by atoms with Crippen LogP contribution in [0, 0.1) is 6.92 Å². The topological polar surface area (TPSA) is 24.1 Å². The monoisotopic (exact) mass is 378 g/mol. The van der Waals surface area contributed by atoms with Crippen LogP contribution in [0.2, 0.25) is 10.0 Å². The van der Waals surface area contributed by atoms with Crippen molar-refractivity contribution in [2.24, 2.45) is 0 Å². The van der Waals surface area contributed by atoms with Gasteiger partial charge in [-0.2, -0.15) is 13.2 Å². The van der Waals surface area contributed by atoms with Gasteiger partial charge in [0, 0.05) is 16.4 Å². The molecule has 8 heteroatoms. The highest BCUT2D eigenvalue weighted by Gasteiger charge is 2.33. The Labute approximate surface area is 146 Å². The highest BCUT2D eigenvalue weighted by atomic mass is 35.5. The average molecular weight is 379 g/mol. The molecule has 2 aromatic rings. The van der Waals surface area contributed by atoms with Gasteiger partial charge < -0.3 is 10.6 Å². The first-order chi connectivity index (χ1) is 10.7. The Balaban J connectivity index is 2.16. The lowest BCUT2D eigenvalue weighted by Crippen LogP contribution is -2.20. The van der Waals surface area contributed by atoms with Gasteiger partial charge in [0.05, 0.1) is 10.6 Å². The number of nitrogens with one attached hydrogen (secondary N) is 2. The Bertz CT molecular complexity index is 748. The van der Waals surface area contributed by atoms with Crippen molar-refractivity contribution in [2.75, 3.05) is 10.6 Å². The van der Waals surface area contributed by atoms with Crippen molar-refractivity contribution in [3.05, 3.63) is 57.6 Å². The van der Waals surface area contributed by atoms with E-state index in [-0.39, 0.29) is 15.8 Å². The van der Waals surface area contributed by atoms with Crippen LogP contribution in [-0.4, -0.2) is 5.11 Å². The summed E-state index contributed by atoms with van der Waals surface area (Å²) in [5.74, 6) is 0. The van der Waals surface area contributed by atoms with Crippen molar-refractivity contribution in [2.45, 2.75) is 13.1 Å². The van der Waals surface area contributed by atoms with Crippen LogP contribution in [-0.2, 0) is 6.18 Å². The van der Waals surface area contributed by atoms with Gasteiger partial charge >= 0.3 is 6.18 Å². The molecule has 0 aliphatic rings. The van der Waals surface area contributed by atoms with Gasteiger partial charge in [0.15, 0.2) is 5.11 Å². The maximum Gasteiger partial charge on any atom is 0.417 e. The molecule has 122 valence electrons. The summed E-state index contributed by atoms with van der Waals surface area (Å²) in [5, 5.41) is 5.89. The lowest BCUT2D eigenvalue weighted by atomic mass is 10.2. The molecule has 0 unspecified atom stereocenters. The summed E-state index contributed by atoms with van der Waals surface area (Å²) in [7, 11) is 0. The maximum atomic E-state index is 12.8. The molecule has 0 aromatic heterocycles. The Morgan fingerprint density at radius 1 is 1.04 bits per heavy atom. The van der Waals surface area contributed by atoms with E-state index in [0.717, 1.165) is 11.6 Å². The minimum Gasteiger partial charge on any atom is -0.332 e.